The Morgan fingerprint density at radius 1 is 1.38 bits per heavy atom. The fourth-order valence-electron chi connectivity index (χ4n) is 1.73. The van der Waals surface area contributed by atoms with Crippen molar-refractivity contribution in [2.75, 3.05) is 6.54 Å². The third-order valence-electron chi connectivity index (χ3n) is 2.54. The summed E-state index contributed by atoms with van der Waals surface area (Å²) in [5, 5.41) is 12.5. The molecule has 1 unspecified atom stereocenters. The number of benzene rings is 1. The van der Waals surface area contributed by atoms with Crippen molar-refractivity contribution in [1.82, 2.24) is 5.32 Å². The Labute approximate surface area is 94.1 Å². The van der Waals surface area contributed by atoms with E-state index in [2.05, 4.69) is 11.9 Å². The molecule has 3 nitrogen and oxygen atoms in total. The quantitative estimate of drug-likeness (QED) is 0.740. The van der Waals surface area contributed by atoms with Gasteiger partial charge in [-0.05, 0) is 5.56 Å². The van der Waals surface area contributed by atoms with E-state index in [1.807, 2.05) is 30.3 Å². The second kappa shape index (κ2) is 4.33. The number of hydrogen-bond donors (Lipinski definition) is 2. The number of carbonyl (C=O) groups excluding carboxylic acids is 1. The first kappa shape index (κ1) is 10.6. The van der Waals surface area contributed by atoms with Crippen molar-refractivity contribution in [2.24, 2.45) is 0 Å². The molecule has 0 heterocycles. The molecule has 1 aliphatic rings. The maximum absolute atomic E-state index is 11.6. The molecule has 1 atom stereocenters. The number of rotatable bonds is 4. The summed E-state index contributed by atoms with van der Waals surface area (Å²) in [5.41, 5.74) is 2.01. The summed E-state index contributed by atoms with van der Waals surface area (Å²) in [6.07, 6.45) is 0.681. The molecule has 0 fully saturated rings. The smallest absolute Gasteiger partial charge is 0.199 e. The summed E-state index contributed by atoms with van der Waals surface area (Å²) in [6, 6.07) is 9.33. The van der Waals surface area contributed by atoms with Crippen LogP contribution in [0.1, 0.15) is 5.56 Å². The predicted octanol–water partition coefficient (Wildman–Crippen LogP) is 1.12. The monoisotopic (exact) mass is 215 g/mol. The van der Waals surface area contributed by atoms with Gasteiger partial charge in [-0.2, -0.15) is 0 Å². The van der Waals surface area contributed by atoms with Crippen molar-refractivity contribution in [3.63, 3.8) is 0 Å². The Morgan fingerprint density at radius 3 is 2.69 bits per heavy atom. The van der Waals surface area contributed by atoms with E-state index in [0.717, 1.165) is 5.56 Å². The molecule has 0 aliphatic heterocycles. The van der Waals surface area contributed by atoms with Gasteiger partial charge < -0.3 is 10.4 Å². The minimum Gasteiger partial charge on any atom is -0.382 e. The Bertz CT molecular complexity index is 448. The summed E-state index contributed by atoms with van der Waals surface area (Å²) in [7, 11) is 0. The molecule has 16 heavy (non-hydrogen) atoms. The van der Waals surface area contributed by atoms with E-state index in [1.165, 1.54) is 0 Å². The van der Waals surface area contributed by atoms with E-state index in [-0.39, 0.29) is 5.78 Å². The third-order valence-corrected chi connectivity index (χ3v) is 2.54. The van der Waals surface area contributed by atoms with Crippen LogP contribution < -0.4 is 5.32 Å². The standard InChI is InChI=1S/C13H13NO2/c1-2-8-14-11-10(12(15)13(11)16)9-6-4-3-5-7-9/h2-7,13-14,16H,1,8H2. The number of Topliss-reactive ketones (excluding diaryl/α,β-unsaturated/α-hetero) is 1. The SMILES string of the molecule is C=CCNC1=C(c2ccccc2)C(=O)C1O. The zero-order valence-corrected chi connectivity index (χ0v) is 8.81. The molecular formula is C13H13NO2. The van der Waals surface area contributed by atoms with Crippen molar-refractivity contribution >= 4 is 11.4 Å². The normalized spacial score (nSPS) is 19.3. The van der Waals surface area contributed by atoms with Crippen LogP contribution in [0.5, 0.6) is 0 Å². The van der Waals surface area contributed by atoms with Crippen LogP contribution in [0, 0.1) is 0 Å². The van der Waals surface area contributed by atoms with Crippen LogP contribution in [0.3, 0.4) is 0 Å². The van der Waals surface area contributed by atoms with E-state index in [4.69, 9.17) is 0 Å². The molecule has 2 N–H and O–H groups in total. The first-order chi connectivity index (χ1) is 7.75. The first-order valence-corrected chi connectivity index (χ1v) is 5.12. The van der Waals surface area contributed by atoms with Crippen molar-refractivity contribution < 1.29 is 9.90 Å². The van der Waals surface area contributed by atoms with E-state index in [9.17, 15) is 9.90 Å². The van der Waals surface area contributed by atoms with Gasteiger partial charge in [0.1, 0.15) is 0 Å². The molecule has 0 spiro atoms. The lowest BCUT2D eigenvalue weighted by Crippen LogP contribution is -2.42. The molecule has 0 amide bonds. The largest absolute Gasteiger partial charge is 0.382 e. The van der Waals surface area contributed by atoms with Crippen LogP contribution in [0.2, 0.25) is 0 Å². The van der Waals surface area contributed by atoms with E-state index < -0.39 is 6.10 Å². The molecule has 2 rings (SSSR count). The van der Waals surface area contributed by atoms with Crippen molar-refractivity contribution in [3.8, 4) is 0 Å². The number of aliphatic hydroxyl groups excluding tert-OH is 1. The summed E-state index contributed by atoms with van der Waals surface area (Å²) >= 11 is 0. The summed E-state index contributed by atoms with van der Waals surface area (Å²) in [5.74, 6) is -0.224. The number of ketones is 1. The van der Waals surface area contributed by atoms with Gasteiger partial charge in [-0.3, -0.25) is 4.79 Å². The second-order valence-electron chi connectivity index (χ2n) is 3.59. The van der Waals surface area contributed by atoms with Gasteiger partial charge in [-0.25, -0.2) is 0 Å². The van der Waals surface area contributed by atoms with Crippen molar-refractivity contribution in [1.29, 1.82) is 0 Å². The fraction of sp³-hybridized carbons (Fsp3) is 0.154. The van der Waals surface area contributed by atoms with E-state index in [0.29, 0.717) is 17.8 Å². The fourth-order valence-corrected chi connectivity index (χ4v) is 1.73. The maximum Gasteiger partial charge on any atom is 0.199 e. The average Bonchev–Trinajstić information content (AvgIpc) is 2.34. The molecule has 0 saturated heterocycles. The molecule has 1 aliphatic carbocycles. The minimum atomic E-state index is -1.00. The van der Waals surface area contributed by atoms with Gasteiger partial charge in [0.05, 0.1) is 11.3 Å². The molecule has 0 radical (unpaired) electrons. The average molecular weight is 215 g/mol. The maximum atomic E-state index is 11.6. The van der Waals surface area contributed by atoms with Crippen LogP contribution >= 0.6 is 0 Å². The third kappa shape index (κ3) is 1.66. The number of carbonyl (C=O) groups is 1. The van der Waals surface area contributed by atoms with Crippen LogP contribution in [-0.4, -0.2) is 23.5 Å². The van der Waals surface area contributed by atoms with Gasteiger partial charge in [0.15, 0.2) is 11.9 Å². The van der Waals surface area contributed by atoms with Crippen LogP contribution in [0.4, 0.5) is 0 Å². The lowest BCUT2D eigenvalue weighted by atomic mass is 9.84. The zero-order chi connectivity index (χ0) is 11.5. The highest BCUT2D eigenvalue weighted by molar-refractivity contribution is 6.31. The van der Waals surface area contributed by atoms with Gasteiger partial charge in [-0.15, -0.1) is 6.58 Å². The van der Waals surface area contributed by atoms with Crippen LogP contribution in [-0.2, 0) is 4.79 Å². The van der Waals surface area contributed by atoms with Gasteiger partial charge in [-0.1, -0.05) is 36.4 Å². The molecule has 0 saturated carbocycles. The summed E-state index contributed by atoms with van der Waals surface area (Å²) in [4.78, 5) is 11.6. The Morgan fingerprint density at radius 2 is 2.06 bits per heavy atom. The lowest BCUT2D eigenvalue weighted by molar-refractivity contribution is -0.122. The van der Waals surface area contributed by atoms with Crippen LogP contribution in [0.15, 0.2) is 48.7 Å². The number of nitrogens with one attached hydrogen (secondary N) is 1. The Hall–Kier alpha value is -1.87. The molecule has 0 bridgehead atoms. The first-order valence-electron chi connectivity index (χ1n) is 5.12. The number of aliphatic hydroxyl groups is 1. The van der Waals surface area contributed by atoms with Gasteiger partial charge in [0.2, 0.25) is 0 Å². The predicted molar refractivity (Wildman–Crippen MR) is 62.6 cm³/mol. The molecule has 1 aromatic rings. The molecule has 0 aromatic heterocycles. The van der Waals surface area contributed by atoms with E-state index >= 15 is 0 Å². The molecule has 82 valence electrons. The summed E-state index contributed by atoms with van der Waals surface area (Å²) < 4.78 is 0. The van der Waals surface area contributed by atoms with Gasteiger partial charge in [0.25, 0.3) is 0 Å². The highest BCUT2D eigenvalue weighted by Gasteiger charge is 2.38. The van der Waals surface area contributed by atoms with Crippen molar-refractivity contribution in [2.45, 2.75) is 6.10 Å². The Kier molecular flexibility index (Phi) is 2.88. The van der Waals surface area contributed by atoms with Crippen LogP contribution in [0.25, 0.3) is 5.57 Å². The van der Waals surface area contributed by atoms with E-state index in [1.54, 1.807) is 6.08 Å². The van der Waals surface area contributed by atoms with Gasteiger partial charge >= 0.3 is 0 Å². The molecule has 3 heteroatoms. The lowest BCUT2D eigenvalue weighted by Gasteiger charge is -2.28. The van der Waals surface area contributed by atoms with Crippen molar-refractivity contribution in [3.05, 3.63) is 54.2 Å². The topological polar surface area (TPSA) is 49.3 Å². The number of hydrogen-bond acceptors (Lipinski definition) is 3. The minimum absolute atomic E-state index is 0.224. The zero-order valence-electron chi connectivity index (χ0n) is 8.81. The highest BCUT2D eigenvalue weighted by atomic mass is 16.3. The highest BCUT2D eigenvalue weighted by Crippen LogP contribution is 2.31. The molecule has 1 aromatic carbocycles. The van der Waals surface area contributed by atoms with Gasteiger partial charge in [0, 0.05) is 6.54 Å². The Balaban J connectivity index is 2.33. The second-order valence-corrected chi connectivity index (χ2v) is 3.59. The summed E-state index contributed by atoms with van der Waals surface area (Å²) in [6.45, 7) is 4.12. The molecular weight excluding hydrogens is 202 g/mol.